The molecule has 2 N–H and O–H groups in total. The zero-order valence-electron chi connectivity index (χ0n) is 28.0. The van der Waals surface area contributed by atoms with Crippen LogP contribution in [0.15, 0.2) is 46.3 Å². The summed E-state index contributed by atoms with van der Waals surface area (Å²) in [5.74, 6) is -1.86. The van der Waals surface area contributed by atoms with Gasteiger partial charge in [0.15, 0.2) is 0 Å². The van der Waals surface area contributed by atoms with Gasteiger partial charge in [0, 0.05) is 17.4 Å². The van der Waals surface area contributed by atoms with Crippen molar-refractivity contribution in [2.24, 2.45) is 11.8 Å². The number of allylic oxidation sites excluding steroid dienone is 1. The van der Waals surface area contributed by atoms with Crippen molar-refractivity contribution in [1.29, 1.82) is 0 Å². The van der Waals surface area contributed by atoms with Gasteiger partial charge >= 0.3 is 12.1 Å². The Morgan fingerprint density at radius 2 is 1.77 bits per heavy atom. The molecule has 0 spiro atoms. The smallest absolute Gasteiger partial charge is 0.408 e. The van der Waals surface area contributed by atoms with E-state index in [0.29, 0.717) is 17.3 Å². The van der Waals surface area contributed by atoms with Crippen molar-refractivity contribution in [3.63, 3.8) is 0 Å². The third-order valence-corrected chi connectivity index (χ3v) is 11.4. The van der Waals surface area contributed by atoms with Crippen LogP contribution in [0.2, 0.25) is 0 Å². The number of unbranched alkanes of at least 4 members (excludes halogenated alkanes) is 3. The van der Waals surface area contributed by atoms with Crippen LogP contribution in [0, 0.1) is 11.8 Å². The quantitative estimate of drug-likeness (QED) is 0.103. The fourth-order valence-electron chi connectivity index (χ4n) is 6.81. The van der Waals surface area contributed by atoms with Crippen LogP contribution >= 0.6 is 15.9 Å². The number of ether oxygens (including phenoxy) is 2. The number of methoxy groups -OCH3 is 1. The van der Waals surface area contributed by atoms with E-state index in [1.165, 1.54) is 24.1 Å². The fourth-order valence-corrected chi connectivity index (χ4v) is 8.15. The van der Waals surface area contributed by atoms with Crippen LogP contribution in [-0.2, 0) is 38.2 Å². The minimum Gasteiger partial charge on any atom is -0.467 e. The Labute approximate surface area is 291 Å². The number of hydrogen-bond acceptors (Lipinski definition) is 9. The van der Waals surface area contributed by atoms with Crippen molar-refractivity contribution >= 4 is 49.9 Å². The molecular formula is C34H48BrN3O9S. The average Bonchev–Trinajstić information content (AvgIpc) is 3.32. The van der Waals surface area contributed by atoms with E-state index in [1.54, 1.807) is 12.1 Å². The van der Waals surface area contributed by atoms with Gasteiger partial charge in [0.1, 0.15) is 23.7 Å². The van der Waals surface area contributed by atoms with E-state index in [-0.39, 0.29) is 42.2 Å². The monoisotopic (exact) mass is 753 g/mol. The molecule has 1 heterocycles. The Balaban J connectivity index is 1.58. The molecule has 14 heteroatoms. The second kappa shape index (κ2) is 16.6. The first kappa shape index (κ1) is 37.8. The molecule has 1 aliphatic heterocycles. The average molecular weight is 755 g/mol. The molecule has 0 aromatic heterocycles. The SMILES string of the molecule is C=CCCCCC[C@H](NC(=O)OC1CCCC1)C(=O)N1C[C@@H](OS(=O)(=O)c2ccc(Br)cc2)C[C@H]1C(=O)N[C@]1(C(=O)OC)C[C@H]1C(C)C. The highest BCUT2D eigenvalue weighted by Gasteiger charge is 2.64. The molecule has 0 radical (unpaired) electrons. The Morgan fingerprint density at radius 3 is 2.38 bits per heavy atom. The number of carbonyl (C=O) groups is 4. The molecule has 266 valence electrons. The van der Waals surface area contributed by atoms with E-state index in [9.17, 15) is 27.6 Å². The van der Waals surface area contributed by atoms with E-state index >= 15 is 0 Å². The summed E-state index contributed by atoms with van der Waals surface area (Å²) in [4.78, 5) is 55.3. The molecule has 3 aliphatic rings. The third-order valence-electron chi connectivity index (χ3n) is 9.50. The molecule has 5 atom stereocenters. The highest BCUT2D eigenvalue weighted by molar-refractivity contribution is 9.10. The molecule has 12 nitrogen and oxygen atoms in total. The second-order valence-electron chi connectivity index (χ2n) is 13.3. The van der Waals surface area contributed by atoms with Crippen LogP contribution in [0.5, 0.6) is 0 Å². The van der Waals surface area contributed by atoms with Crippen molar-refractivity contribution < 1.29 is 41.3 Å². The molecule has 0 unspecified atom stereocenters. The lowest BCUT2D eigenvalue weighted by Gasteiger charge is -2.30. The first-order chi connectivity index (χ1) is 22.8. The highest BCUT2D eigenvalue weighted by Crippen LogP contribution is 2.49. The molecule has 1 aromatic rings. The summed E-state index contributed by atoms with van der Waals surface area (Å²) < 4.78 is 43.4. The third kappa shape index (κ3) is 9.38. The van der Waals surface area contributed by atoms with Gasteiger partial charge in [-0.05, 0) is 87.5 Å². The Hall–Kier alpha value is -2.97. The lowest BCUT2D eigenvalue weighted by atomic mass is 10.0. The predicted molar refractivity (Wildman–Crippen MR) is 181 cm³/mol. The largest absolute Gasteiger partial charge is 0.467 e. The van der Waals surface area contributed by atoms with E-state index in [2.05, 4.69) is 33.1 Å². The maximum absolute atomic E-state index is 14.3. The van der Waals surface area contributed by atoms with Crippen LogP contribution in [0.25, 0.3) is 0 Å². The minimum atomic E-state index is -4.26. The summed E-state index contributed by atoms with van der Waals surface area (Å²) in [5, 5.41) is 5.59. The number of nitrogens with one attached hydrogen (secondary N) is 2. The lowest BCUT2D eigenvalue weighted by Crippen LogP contribution is -2.56. The minimum absolute atomic E-state index is 0.0680. The van der Waals surface area contributed by atoms with E-state index in [4.69, 9.17) is 13.7 Å². The number of rotatable bonds is 16. The molecule has 0 bridgehead atoms. The van der Waals surface area contributed by atoms with Gasteiger partial charge in [0.2, 0.25) is 11.8 Å². The number of likely N-dealkylation sites (tertiary alicyclic amines) is 1. The summed E-state index contributed by atoms with van der Waals surface area (Å²) >= 11 is 3.29. The Kier molecular flexibility index (Phi) is 13.1. The molecule has 48 heavy (non-hydrogen) atoms. The number of halogens is 1. The highest BCUT2D eigenvalue weighted by atomic mass is 79.9. The number of alkyl carbamates (subject to hydrolysis) is 1. The zero-order chi connectivity index (χ0) is 35.1. The van der Waals surface area contributed by atoms with Gasteiger partial charge < -0.3 is 25.0 Å². The molecule has 1 aromatic carbocycles. The topological polar surface area (TPSA) is 157 Å². The molecule has 3 amide bonds. The van der Waals surface area contributed by atoms with Gasteiger partial charge in [-0.15, -0.1) is 6.58 Å². The fraction of sp³-hybridized carbons (Fsp3) is 0.647. The van der Waals surface area contributed by atoms with Crippen LogP contribution in [0.4, 0.5) is 4.79 Å². The van der Waals surface area contributed by atoms with Gasteiger partial charge in [0.25, 0.3) is 10.1 Å². The van der Waals surface area contributed by atoms with Crippen LogP contribution in [0.3, 0.4) is 0 Å². The first-order valence-electron chi connectivity index (χ1n) is 16.8. The van der Waals surface area contributed by atoms with Crippen molar-refractivity contribution in [2.75, 3.05) is 13.7 Å². The Bertz CT molecular complexity index is 1430. The van der Waals surface area contributed by atoms with E-state index in [1.807, 2.05) is 19.9 Å². The Morgan fingerprint density at radius 1 is 1.08 bits per heavy atom. The molecule has 2 saturated carbocycles. The summed E-state index contributed by atoms with van der Waals surface area (Å²) in [7, 11) is -3.00. The molecule has 4 rings (SSSR count). The number of carbonyl (C=O) groups excluding carboxylic acids is 4. The summed E-state index contributed by atoms with van der Waals surface area (Å²) in [5.41, 5.74) is -1.24. The number of esters is 1. The number of nitrogens with zero attached hydrogens (tertiary/aromatic N) is 1. The van der Waals surface area contributed by atoms with Crippen LogP contribution < -0.4 is 10.6 Å². The van der Waals surface area contributed by atoms with Gasteiger partial charge in [-0.25, -0.2) is 9.59 Å². The maximum Gasteiger partial charge on any atom is 0.408 e. The van der Waals surface area contributed by atoms with Crippen molar-refractivity contribution in [3.05, 3.63) is 41.4 Å². The standard InChI is InChI=1S/C34H48BrN3O9S/c1-5-6-7-8-9-14-28(36-33(42)46-24-12-10-11-13-24)31(40)38-21-25(47-48(43,44)26-17-15-23(35)16-18-26)19-29(38)30(39)37-34(32(41)45-4)20-27(34)22(2)3/h5,15-18,22,24-25,27-29H,1,6-14,19-21H2,2-4H3,(H,36,42)(H,37,39)/t25-,27-,28-,29-,34+/m0/s1. The van der Waals surface area contributed by atoms with Gasteiger partial charge in [-0.2, -0.15) is 8.42 Å². The normalized spacial score (nSPS) is 24.6. The molecule has 3 fully saturated rings. The van der Waals surface area contributed by atoms with Crippen LogP contribution in [0.1, 0.15) is 84.5 Å². The van der Waals surface area contributed by atoms with Gasteiger partial charge in [0.05, 0.1) is 18.1 Å². The summed E-state index contributed by atoms with van der Waals surface area (Å²) in [6, 6.07) is 3.72. The maximum atomic E-state index is 14.3. The summed E-state index contributed by atoms with van der Waals surface area (Å²) in [6.45, 7) is 7.41. The van der Waals surface area contributed by atoms with Crippen molar-refractivity contribution in [1.82, 2.24) is 15.5 Å². The number of benzene rings is 1. The molecular weight excluding hydrogens is 706 g/mol. The van der Waals surface area contributed by atoms with Crippen molar-refractivity contribution in [2.45, 2.75) is 119 Å². The number of amides is 3. The zero-order valence-corrected chi connectivity index (χ0v) is 30.4. The van der Waals surface area contributed by atoms with E-state index < -0.39 is 57.7 Å². The van der Waals surface area contributed by atoms with Crippen LogP contribution in [-0.4, -0.2) is 80.7 Å². The summed E-state index contributed by atoms with van der Waals surface area (Å²) in [6.07, 6.45) is 6.86. The molecule has 2 aliphatic carbocycles. The van der Waals surface area contributed by atoms with Gasteiger partial charge in [-0.1, -0.05) is 48.7 Å². The molecule has 1 saturated heterocycles. The second-order valence-corrected chi connectivity index (χ2v) is 15.8. The first-order valence-corrected chi connectivity index (χ1v) is 19.0. The van der Waals surface area contributed by atoms with Crippen molar-refractivity contribution in [3.8, 4) is 0 Å². The predicted octanol–water partition coefficient (Wildman–Crippen LogP) is 5.00. The van der Waals surface area contributed by atoms with E-state index in [0.717, 1.165) is 44.9 Å². The van der Waals surface area contributed by atoms with Gasteiger partial charge in [-0.3, -0.25) is 13.8 Å². The number of hydrogen-bond donors (Lipinski definition) is 2. The lowest BCUT2D eigenvalue weighted by molar-refractivity contribution is -0.148.